The van der Waals surface area contributed by atoms with Crippen LogP contribution in [0.4, 0.5) is 4.79 Å². The van der Waals surface area contributed by atoms with Crippen LogP contribution >= 0.6 is 11.6 Å². The first-order chi connectivity index (χ1) is 15.2. The van der Waals surface area contributed by atoms with Crippen molar-refractivity contribution < 1.29 is 14.7 Å². The van der Waals surface area contributed by atoms with E-state index in [0.29, 0.717) is 17.4 Å². The van der Waals surface area contributed by atoms with Crippen LogP contribution in [-0.4, -0.2) is 50.6 Å². The second-order valence-corrected chi connectivity index (χ2v) is 8.37. The lowest BCUT2D eigenvalue weighted by Gasteiger charge is -2.26. The molecule has 3 rings (SSSR count). The van der Waals surface area contributed by atoms with E-state index in [0.717, 1.165) is 30.4 Å². The Morgan fingerprint density at radius 1 is 1.19 bits per heavy atom. The Morgan fingerprint density at radius 2 is 1.84 bits per heavy atom. The first-order valence-electron chi connectivity index (χ1n) is 10.4. The highest BCUT2D eigenvalue weighted by Crippen LogP contribution is 2.27. The van der Waals surface area contributed by atoms with Gasteiger partial charge in [0.2, 0.25) is 0 Å². The fourth-order valence-corrected chi connectivity index (χ4v) is 3.96. The summed E-state index contributed by atoms with van der Waals surface area (Å²) < 4.78 is 1.29. The molecule has 2 aromatic rings. The van der Waals surface area contributed by atoms with Gasteiger partial charge in [0.1, 0.15) is 5.69 Å². The lowest BCUT2D eigenvalue weighted by Crippen LogP contribution is -2.48. The summed E-state index contributed by atoms with van der Waals surface area (Å²) in [4.78, 5) is 49.8. The molecule has 1 saturated carbocycles. The molecular formula is C21H26ClN5O5. The SMILES string of the molecule is CNC(=O)n1c(=O)c(C)nn(-c2ccc(Cl)c(C(=O)NCC3(O)CCCCCC3)c2)c1=O. The van der Waals surface area contributed by atoms with Gasteiger partial charge in [0.25, 0.3) is 11.5 Å². The van der Waals surface area contributed by atoms with E-state index in [1.807, 2.05) is 0 Å². The summed E-state index contributed by atoms with van der Waals surface area (Å²) in [6.07, 6.45) is 5.14. The second-order valence-electron chi connectivity index (χ2n) is 7.96. The summed E-state index contributed by atoms with van der Waals surface area (Å²) in [5.74, 6) is -0.515. The van der Waals surface area contributed by atoms with Crippen LogP contribution in [0.5, 0.6) is 0 Å². The smallest absolute Gasteiger partial charge is 0.360 e. The molecule has 1 aliphatic carbocycles. The normalized spacial score (nSPS) is 15.6. The minimum atomic E-state index is -0.985. The third-order valence-corrected chi connectivity index (χ3v) is 5.93. The van der Waals surface area contributed by atoms with E-state index in [9.17, 15) is 24.3 Å². The highest BCUT2D eigenvalue weighted by molar-refractivity contribution is 6.33. The maximum Gasteiger partial charge on any atom is 0.360 e. The van der Waals surface area contributed by atoms with Crippen LogP contribution in [0.2, 0.25) is 5.02 Å². The van der Waals surface area contributed by atoms with Crippen molar-refractivity contribution in [3.63, 3.8) is 0 Å². The van der Waals surface area contributed by atoms with Gasteiger partial charge < -0.3 is 15.7 Å². The van der Waals surface area contributed by atoms with Crippen LogP contribution in [0.3, 0.4) is 0 Å². The maximum absolute atomic E-state index is 12.8. The Morgan fingerprint density at radius 3 is 2.47 bits per heavy atom. The van der Waals surface area contributed by atoms with Crippen LogP contribution in [0.15, 0.2) is 27.8 Å². The molecule has 11 heteroatoms. The number of nitrogens with zero attached hydrogens (tertiary/aromatic N) is 3. The molecule has 3 N–H and O–H groups in total. The number of hydrogen-bond donors (Lipinski definition) is 3. The number of benzene rings is 1. The molecule has 0 aliphatic heterocycles. The quantitative estimate of drug-likeness (QED) is 0.586. The fraction of sp³-hybridized carbons (Fsp3) is 0.476. The number of carbonyl (C=O) groups is 2. The molecule has 172 valence electrons. The number of halogens is 1. The molecule has 0 radical (unpaired) electrons. The van der Waals surface area contributed by atoms with Gasteiger partial charge >= 0.3 is 11.7 Å². The number of hydrogen-bond acceptors (Lipinski definition) is 6. The predicted molar refractivity (Wildman–Crippen MR) is 119 cm³/mol. The maximum atomic E-state index is 12.8. The Kier molecular flexibility index (Phi) is 7.15. The minimum absolute atomic E-state index is 0.0745. The van der Waals surface area contributed by atoms with Crippen molar-refractivity contribution in [3.8, 4) is 5.69 Å². The summed E-state index contributed by atoms with van der Waals surface area (Å²) in [6.45, 7) is 1.46. The van der Waals surface area contributed by atoms with E-state index in [1.165, 1.54) is 32.2 Å². The van der Waals surface area contributed by atoms with Crippen molar-refractivity contribution in [2.24, 2.45) is 0 Å². The lowest BCUT2D eigenvalue weighted by atomic mass is 9.94. The van der Waals surface area contributed by atoms with Gasteiger partial charge in [-0.3, -0.25) is 9.59 Å². The van der Waals surface area contributed by atoms with E-state index in [2.05, 4.69) is 15.7 Å². The molecule has 0 saturated heterocycles. The van der Waals surface area contributed by atoms with Crippen molar-refractivity contribution in [1.29, 1.82) is 0 Å². The number of aromatic nitrogens is 3. The summed E-state index contributed by atoms with van der Waals surface area (Å²) in [7, 11) is 1.29. The zero-order valence-electron chi connectivity index (χ0n) is 18.0. The second kappa shape index (κ2) is 9.66. The summed E-state index contributed by atoms with van der Waals surface area (Å²) in [5, 5.41) is 19.9. The molecule has 32 heavy (non-hydrogen) atoms. The van der Waals surface area contributed by atoms with Gasteiger partial charge in [-0.05, 0) is 38.0 Å². The predicted octanol–water partition coefficient (Wildman–Crippen LogP) is 1.36. The molecule has 0 spiro atoms. The molecule has 1 aromatic heterocycles. The number of rotatable bonds is 4. The highest BCUT2D eigenvalue weighted by Gasteiger charge is 2.29. The molecule has 2 amide bonds. The standard InChI is InChI=1S/C21H26ClN5O5/c1-13-18(29)26(19(30)23-2)20(31)27(25-13)14-7-8-16(22)15(11-14)17(28)24-12-21(32)9-5-3-4-6-10-21/h7-8,11,32H,3-6,9-10,12H2,1-2H3,(H,23,30)(H,24,28). The van der Waals surface area contributed by atoms with Crippen LogP contribution < -0.4 is 21.9 Å². The number of amides is 2. The van der Waals surface area contributed by atoms with Crippen LogP contribution in [0.25, 0.3) is 5.69 Å². The Balaban J connectivity index is 1.93. The fourth-order valence-electron chi connectivity index (χ4n) is 3.76. The Labute approximate surface area is 189 Å². The Bertz CT molecular complexity index is 1150. The van der Waals surface area contributed by atoms with Crippen molar-refractivity contribution >= 4 is 23.5 Å². The zero-order chi connectivity index (χ0) is 23.5. The average molecular weight is 464 g/mol. The van der Waals surface area contributed by atoms with Gasteiger partial charge in [-0.2, -0.15) is 14.3 Å². The first kappa shape index (κ1) is 23.7. The molecule has 1 aliphatic rings. The molecular weight excluding hydrogens is 438 g/mol. The van der Waals surface area contributed by atoms with Gasteiger partial charge in [-0.15, -0.1) is 0 Å². The Hall–Kier alpha value is -2.98. The van der Waals surface area contributed by atoms with E-state index in [-0.39, 0.29) is 28.5 Å². The van der Waals surface area contributed by atoms with Gasteiger partial charge in [0, 0.05) is 13.6 Å². The summed E-state index contributed by atoms with van der Waals surface area (Å²) in [6, 6.07) is 3.32. The van der Waals surface area contributed by atoms with Gasteiger partial charge in [-0.1, -0.05) is 37.3 Å². The molecule has 1 heterocycles. The van der Waals surface area contributed by atoms with Crippen LogP contribution in [0, 0.1) is 6.92 Å². The van der Waals surface area contributed by atoms with Gasteiger partial charge in [0.15, 0.2) is 0 Å². The first-order valence-corrected chi connectivity index (χ1v) is 10.8. The van der Waals surface area contributed by atoms with Gasteiger partial charge in [-0.25, -0.2) is 9.59 Å². The molecule has 1 fully saturated rings. The third-order valence-electron chi connectivity index (χ3n) is 5.60. The van der Waals surface area contributed by atoms with E-state index in [1.54, 1.807) is 0 Å². The number of nitrogens with one attached hydrogen (secondary N) is 2. The third kappa shape index (κ3) is 4.91. The molecule has 0 unspecified atom stereocenters. The lowest BCUT2D eigenvalue weighted by molar-refractivity contribution is 0.0246. The highest BCUT2D eigenvalue weighted by atomic mass is 35.5. The van der Waals surface area contributed by atoms with E-state index < -0.39 is 28.8 Å². The van der Waals surface area contributed by atoms with Crippen molar-refractivity contribution in [3.05, 3.63) is 55.3 Å². The number of aryl methyl sites for hydroxylation is 1. The summed E-state index contributed by atoms with van der Waals surface area (Å²) >= 11 is 6.21. The van der Waals surface area contributed by atoms with E-state index >= 15 is 0 Å². The average Bonchev–Trinajstić information content (AvgIpc) is 3.00. The van der Waals surface area contributed by atoms with E-state index in [4.69, 9.17) is 11.6 Å². The van der Waals surface area contributed by atoms with Crippen molar-refractivity contribution in [2.75, 3.05) is 13.6 Å². The van der Waals surface area contributed by atoms with Crippen molar-refractivity contribution in [2.45, 2.75) is 51.0 Å². The largest absolute Gasteiger partial charge is 0.388 e. The topological polar surface area (TPSA) is 135 Å². The van der Waals surface area contributed by atoms with Crippen molar-refractivity contribution in [1.82, 2.24) is 25.0 Å². The minimum Gasteiger partial charge on any atom is -0.388 e. The molecule has 10 nitrogen and oxygen atoms in total. The van der Waals surface area contributed by atoms with Gasteiger partial charge in [0.05, 0.1) is 21.9 Å². The molecule has 1 aromatic carbocycles. The number of aliphatic hydroxyl groups is 1. The zero-order valence-corrected chi connectivity index (χ0v) is 18.7. The van der Waals surface area contributed by atoms with Crippen LogP contribution in [-0.2, 0) is 0 Å². The molecule has 0 atom stereocenters. The van der Waals surface area contributed by atoms with Crippen LogP contribution in [0.1, 0.15) is 54.6 Å². The summed E-state index contributed by atoms with van der Waals surface area (Å²) in [5.41, 5.74) is -2.64. The number of carbonyl (C=O) groups excluding carboxylic acids is 2. The molecule has 0 bridgehead atoms. The monoisotopic (exact) mass is 463 g/mol.